The van der Waals surface area contributed by atoms with Crippen molar-refractivity contribution in [1.29, 1.82) is 0 Å². The fourth-order valence-corrected chi connectivity index (χ4v) is 3.11. The molecule has 0 spiro atoms. The molecule has 0 saturated heterocycles. The first-order chi connectivity index (χ1) is 11.1. The molecule has 3 rings (SSSR count). The Morgan fingerprint density at radius 2 is 2.04 bits per heavy atom. The summed E-state index contributed by atoms with van der Waals surface area (Å²) in [5.74, 6) is 0.990. The van der Waals surface area contributed by atoms with Crippen LogP contribution in [-0.4, -0.2) is 28.1 Å². The van der Waals surface area contributed by atoms with E-state index in [-0.39, 0.29) is 23.2 Å². The highest BCUT2D eigenvalue weighted by Gasteiger charge is 2.27. The van der Waals surface area contributed by atoms with Gasteiger partial charge in [0.15, 0.2) is 17.3 Å². The molecular formula is C17H20N2O4. The number of aryl methyl sites for hydroxylation is 1. The van der Waals surface area contributed by atoms with Gasteiger partial charge in [-0.2, -0.15) is 4.98 Å². The van der Waals surface area contributed by atoms with Crippen LogP contribution in [-0.2, 0) is 0 Å². The highest BCUT2D eigenvalue weighted by atomic mass is 16.5. The SMILES string of the molecule is COc1cc(-c2noc(C)n2)c(C(=O)C2CCCCC2)cc1O. The van der Waals surface area contributed by atoms with Gasteiger partial charge in [-0.1, -0.05) is 24.4 Å². The monoisotopic (exact) mass is 316 g/mol. The number of carbonyl (C=O) groups excluding carboxylic acids is 1. The second-order valence-corrected chi connectivity index (χ2v) is 5.91. The minimum atomic E-state index is -0.0596. The van der Waals surface area contributed by atoms with Gasteiger partial charge < -0.3 is 14.4 Å². The maximum atomic E-state index is 12.9. The zero-order chi connectivity index (χ0) is 16.4. The summed E-state index contributed by atoms with van der Waals surface area (Å²) < 4.78 is 10.2. The molecule has 1 heterocycles. The van der Waals surface area contributed by atoms with Crippen molar-refractivity contribution in [1.82, 2.24) is 10.1 Å². The van der Waals surface area contributed by atoms with Crippen LogP contribution in [0.5, 0.6) is 11.5 Å². The number of phenols is 1. The van der Waals surface area contributed by atoms with Crippen molar-refractivity contribution in [2.24, 2.45) is 5.92 Å². The summed E-state index contributed by atoms with van der Waals surface area (Å²) in [7, 11) is 1.46. The van der Waals surface area contributed by atoms with Crippen molar-refractivity contribution in [3.8, 4) is 22.9 Å². The van der Waals surface area contributed by atoms with Crippen molar-refractivity contribution in [2.45, 2.75) is 39.0 Å². The zero-order valence-corrected chi connectivity index (χ0v) is 13.3. The first kappa shape index (κ1) is 15.5. The fourth-order valence-electron chi connectivity index (χ4n) is 3.11. The van der Waals surface area contributed by atoms with Crippen LogP contribution >= 0.6 is 0 Å². The Labute approximate surface area is 134 Å². The summed E-state index contributed by atoms with van der Waals surface area (Å²) in [5.41, 5.74) is 0.961. The van der Waals surface area contributed by atoms with Crippen LogP contribution in [0.1, 0.15) is 48.4 Å². The number of aromatic nitrogens is 2. The maximum Gasteiger partial charge on any atom is 0.223 e. The molecule has 1 aliphatic carbocycles. The molecule has 0 aliphatic heterocycles. The van der Waals surface area contributed by atoms with Crippen LogP contribution in [0, 0.1) is 12.8 Å². The molecule has 23 heavy (non-hydrogen) atoms. The number of nitrogens with zero attached hydrogens (tertiary/aromatic N) is 2. The van der Waals surface area contributed by atoms with E-state index >= 15 is 0 Å². The van der Waals surface area contributed by atoms with Gasteiger partial charge in [-0.15, -0.1) is 0 Å². The standard InChI is InChI=1S/C17H20N2O4/c1-10-18-17(19-23-10)13-9-15(22-2)14(20)8-12(13)16(21)11-6-4-3-5-7-11/h8-9,11,20H,3-7H2,1-2H3. The normalized spacial score (nSPS) is 15.6. The molecular weight excluding hydrogens is 296 g/mol. The van der Waals surface area contributed by atoms with E-state index in [0.717, 1.165) is 25.7 Å². The van der Waals surface area contributed by atoms with E-state index in [1.165, 1.54) is 19.6 Å². The largest absolute Gasteiger partial charge is 0.504 e. The number of phenolic OH excluding ortho intramolecular Hbond substituents is 1. The number of hydrogen-bond acceptors (Lipinski definition) is 6. The lowest BCUT2D eigenvalue weighted by atomic mass is 9.82. The smallest absolute Gasteiger partial charge is 0.223 e. The van der Waals surface area contributed by atoms with Crippen molar-refractivity contribution in [3.63, 3.8) is 0 Å². The van der Waals surface area contributed by atoms with Gasteiger partial charge >= 0.3 is 0 Å². The number of aromatic hydroxyl groups is 1. The Morgan fingerprint density at radius 3 is 2.65 bits per heavy atom. The molecule has 0 amide bonds. The lowest BCUT2D eigenvalue weighted by Gasteiger charge is -2.21. The van der Waals surface area contributed by atoms with Gasteiger partial charge in [0.05, 0.1) is 7.11 Å². The Balaban J connectivity index is 2.06. The second-order valence-electron chi connectivity index (χ2n) is 5.91. The molecule has 1 N–H and O–H groups in total. The van der Waals surface area contributed by atoms with Gasteiger partial charge in [0, 0.05) is 24.0 Å². The summed E-state index contributed by atoms with van der Waals surface area (Å²) in [6, 6.07) is 3.05. The van der Waals surface area contributed by atoms with E-state index in [2.05, 4.69) is 10.1 Å². The number of Topliss-reactive ketones (excluding diaryl/α,β-unsaturated/α-hetero) is 1. The summed E-state index contributed by atoms with van der Waals surface area (Å²) in [5, 5.41) is 14.0. The predicted molar refractivity (Wildman–Crippen MR) is 83.6 cm³/mol. The summed E-state index contributed by atoms with van der Waals surface area (Å²) >= 11 is 0. The van der Waals surface area contributed by atoms with E-state index in [1.807, 2.05) is 0 Å². The number of hydrogen-bond donors (Lipinski definition) is 1. The van der Waals surface area contributed by atoms with Crippen LogP contribution < -0.4 is 4.74 Å². The van der Waals surface area contributed by atoms with Gasteiger partial charge in [0.25, 0.3) is 0 Å². The molecule has 0 unspecified atom stereocenters. The Hall–Kier alpha value is -2.37. The molecule has 1 aromatic carbocycles. The second kappa shape index (κ2) is 6.40. The third-order valence-corrected chi connectivity index (χ3v) is 4.33. The van der Waals surface area contributed by atoms with Crippen LogP contribution in [0.15, 0.2) is 16.7 Å². The lowest BCUT2D eigenvalue weighted by molar-refractivity contribution is 0.0889. The van der Waals surface area contributed by atoms with Crippen molar-refractivity contribution < 1.29 is 19.2 Å². The third kappa shape index (κ3) is 3.06. The topological polar surface area (TPSA) is 85.5 Å². The van der Waals surface area contributed by atoms with Gasteiger partial charge in [-0.05, 0) is 25.0 Å². The van der Waals surface area contributed by atoms with Gasteiger partial charge in [0.1, 0.15) is 0 Å². The molecule has 1 fully saturated rings. The van der Waals surface area contributed by atoms with Gasteiger partial charge in [-0.25, -0.2) is 0 Å². The van der Waals surface area contributed by atoms with E-state index in [4.69, 9.17) is 9.26 Å². The molecule has 2 aromatic rings. The molecule has 122 valence electrons. The fraction of sp³-hybridized carbons (Fsp3) is 0.471. The molecule has 1 aliphatic rings. The van der Waals surface area contributed by atoms with Crippen molar-refractivity contribution in [3.05, 3.63) is 23.6 Å². The van der Waals surface area contributed by atoms with E-state index in [0.29, 0.717) is 22.8 Å². The van der Waals surface area contributed by atoms with Gasteiger partial charge in [0.2, 0.25) is 11.7 Å². The highest BCUT2D eigenvalue weighted by Crippen LogP contribution is 2.37. The predicted octanol–water partition coefficient (Wildman–Crippen LogP) is 3.52. The highest BCUT2D eigenvalue weighted by molar-refractivity contribution is 6.03. The van der Waals surface area contributed by atoms with Crippen molar-refractivity contribution >= 4 is 5.78 Å². The first-order valence-electron chi connectivity index (χ1n) is 7.86. The quantitative estimate of drug-likeness (QED) is 0.869. The number of ether oxygens (including phenoxy) is 1. The number of carbonyl (C=O) groups is 1. The molecule has 0 bridgehead atoms. The van der Waals surface area contributed by atoms with Gasteiger partial charge in [-0.3, -0.25) is 4.79 Å². The molecule has 1 aromatic heterocycles. The van der Waals surface area contributed by atoms with Crippen molar-refractivity contribution in [2.75, 3.05) is 7.11 Å². The molecule has 1 saturated carbocycles. The molecule has 6 nitrogen and oxygen atoms in total. The number of rotatable bonds is 4. The number of ketones is 1. The van der Waals surface area contributed by atoms with E-state index in [1.54, 1.807) is 13.0 Å². The average Bonchev–Trinajstić information content (AvgIpc) is 3.01. The minimum Gasteiger partial charge on any atom is -0.504 e. The van der Waals surface area contributed by atoms with Crippen LogP contribution in [0.3, 0.4) is 0 Å². The van der Waals surface area contributed by atoms with Crippen LogP contribution in [0.25, 0.3) is 11.4 Å². The minimum absolute atomic E-state index is 0.0108. The van der Waals surface area contributed by atoms with Crippen LogP contribution in [0.2, 0.25) is 0 Å². The Bertz CT molecular complexity index is 717. The third-order valence-electron chi connectivity index (χ3n) is 4.33. The Kier molecular flexibility index (Phi) is 4.32. The first-order valence-corrected chi connectivity index (χ1v) is 7.86. The summed E-state index contributed by atoms with van der Waals surface area (Å²) in [6.07, 6.45) is 5.07. The number of methoxy groups -OCH3 is 1. The van der Waals surface area contributed by atoms with E-state index in [9.17, 15) is 9.90 Å². The summed E-state index contributed by atoms with van der Waals surface area (Å²) in [4.78, 5) is 17.1. The summed E-state index contributed by atoms with van der Waals surface area (Å²) in [6.45, 7) is 1.69. The molecule has 6 heteroatoms. The zero-order valence-electron chi connectivity index (χ0n) is 13.3. The Morgan fingerprint density at radius 1 is 1.30 bits per heavy atom. The lowest BCUT2D eigenvalue weighted by Crippen LogP contribution is -2.18. The number of benzene rings is 1. The molecule has 0 radical (unpaired) electrons. The van der Waals surface area contributed by atoms with Crippen LogP contribution in [0.4, 0.5) is 0 Å². The average molecular weight is 316 g/mol. The van der Waals surface area contributed by atoms with E-state index < -0.39 is 0 Å². The molecule has 0 atom stereocenters. The maximum absolute atomic E-state index is 12.9.